The highest BCUT2D eigenvalue weighted by molar-refractivity contribution is 6.33. The summed E-state index contributed by atoms with van der Waals surface area (Å²) >= 11 is 5.93. The highest BCUT2D eigenvalue weighted by atomic mass is 35.5. The zero-order valence-electron chi connectivity index (χ0n) is 14.3. The molecule has 0 unspecified atom stereocenters. The fourth-order valence-corrected chi connectivity index (χ4v) is 2.28. The Morgan fingerprint density at radius 1 is 1.15 bits per heavy atom. The predicted octanol–water partition coefficient (Wildman–Crippen LogP) is 2.24. The van der Waals surface area contributed by atoms with E-state index in [-0.39, 0.29) is 6.54 Å². The van der Waals surface area contributed by atoms with Crippen molar-refractivity contribution in [3.8, 4) is 11.5 Å². The standard InChI is InChI=1S/C18H18ClN3O4/c1-25-13-7-8-16(26-2)12(9-13)10-21-22-17(23)11-20-18(24)14-5-3-4-6-15(14)19/h3-10H,11H2,1-2H3,(H,20,24)(H,22,23)/b21-10+. The summed E-state index contributed by atoms with van der Waals surface area (Å²) in [6.45, 7) is -0.239. The molecule has 0 heterocycles. The van der Waals surface area contributed by atoms with Crippen LogP contribution in [0.5, 0.6) is 11.5 Å². The molecule has 0 atom stereocenters. The number of methoxy groups -OCH3 is 2. The average molecular weight is 376 g/mol. The minimum absolute atomic E-state index is 0.239. The van der Waals surface area contributed by atoms with Crippen LogP contribution in [-0.4, -0.2) is 38.8 Å². The van der Waals surface area contributed by atoms with E-state index in [4.69, 9.17) is 21.1 Å². The molecule has 0 saturated carbocycles. The second-order valence-electron chi connectivity index (χ2n) is 5.06. The molecule has 0 fully saturated rings. The van der Waals surface area contributed by atoms with E-state index in [1.165, 1.54) is 13.3 Å². The molecule has 0 aliphatic rings. The van der Waals surface area contributed by atoms with Gasteiger partial charge in [-0.15, -0.1) is 0 Å². The third kappa shape index (κ3) is 5.22. The van der Waals surface area contributed by atoms with Crippen LogP contribution in [0.25, 0.3) is 0 Å². The number of benzene rings is 2. The van der Waals surface area contributed by atoms with E-state index in [2.05, 4.69) is 15.8 Å². The third-order valence-corrected chi connectivity index (χ3v) is 3.69. The van der Waals surface area contributed by atoms with Gasteiger partial charge in [0, 0.05) is 5.56 Å². The maximum Gasteiger partial charge on any atom is 0.259 e. The van der Waals surface area contributed by atoms with Gasteiger partial charge in [0.05, 0.1) is 37.6 Å². The van der Waals surface area contributed by atoms with Crippen molar-refractivity contribution in [3.63, 3.8) is 0 Å². The number of carbonyl (C=O) groups excluding carboxylic acids is 2. The molecular formula is C18H18ClN3O4. The first-order chi connectivity index (χ1) is 12.5. The largest absolute Gasteiger partial charge is 0.497 e. The summed E-state index contributed by atoms with van der Waals surface area (Å²) in [6, 6.07) is 11.8. The number of halogens is 1. The van der Waals surface area contributed by atoms with Gasteiger partial charge in [0.2, 0.25) is 0 Å². The number of hydrazone groups is 1. The number of hydrogen-bond acceptors (Lipinski definition) is 5. The SMILES string of the molecule is COc1ccc(OC)c(/C=N/NC(=O)CNC(=O)c2ccccc2Cl)c1. The summed E-state index contributed by atoms with van der Waals surface area (Å²) in [4.78, 5) is 23.8. The highest BCUT2D eigenvalue weighted by Gasteiger charge is 2.10. The Hall–Kier alpha value is -3.06. The highest BCUT2D eigenvalue weighted by Crippen LogP contribution is 2.22. The van der Waals surface area contributed by atoms with Gasteiger partial charge in [-0.1, -0.05) is 23.7 Å². The lowest BCUT2D eigenvalue weighted by Crippen LogP contribution is -2.35. The number of amides is 2. The Kier molecular flexibility index (Phi) is 6.99. The van der Waals surface area contributed by atoms with Gasteiger partial charge in [-0.2, -0.15) is 5.10 Å². The first-order valence-electron chi connectivity index (χ1n) is 7.61. The molecule has 2 N–H and O–H groups in total. The molecule has 0 aliphatic heterocycles. The quantitative estimate of drug-likeness (QED) is 0.573. The fourth-order valence-electron chi connectivity index (χ4n) is 2.05. The second-order valence-corrected chi connectivity index (χ2v) is 5.47. The first kappa shape index (κ1) is 19.3. The number of hydrogen-bond donors (Lipinski definition) is 2. The zero-order valence-corrected chi connectivity index (χ0v) is 15.0. The van der Waals surface area contributed by atoms with Gasteiger partial charge in [0.15, 0.2) is 0 Å². The van der Waals surface area contributed by atoms with E-state index in [9.17, 15) is 9.59 Å². The van der Waals surface area contributed by atoms with Gasteiger partial charge in [0.1, 0.15) is 11.5 Å². The van der Waals surface area contributed by atoms with Gasteiger partial charge < -0.3 is 14.8 Å². The van der Waals surface area contributed by atoms with E-state index >= 15 is 0 Å². The number of carbonyl (C=O) groups is 2. The van der Waals surface area contributed by atoms with E-state index < -0.39 is 11.8 Å². The third-order valence-electron chi connectivity index (χ3n) is 3.36. The van der Waals surface area contributed by atoms with Crippen LogP contribution in [0, 0.1) is 0 Å². The molecule has 0 spiro atoms. The van der Waals surface area contributed by atoms with E-state index in [1.54, 1.807) is 49.6 Å². The van der Waals surface area contributed by atoms with Crippen LogP contribution in [0.4, 0.5) is 0 Å². The van der Waals surface area contributed by atoms with Crippen molar-refractivity contribution in [2.45, 2.75) is 0 Å². The van der Waals surface area contributed by atoms with Gasteiger partial charge in [0.25, 0.3) is 11.8 Å². The number of rotatable bonds is 7. The summed E-state index contributed by atoms with van der Waals surface area (Å²) in [6.07, 6.45) is 1.43. The molecule has 7 nitrogen and oxygen atoms in total. The van der Waals surface area contributed by atoms with Crippen LogP contribution in [0.15, 0.2) is 47.6 Å². The monoisotopic (exact) mass is 375 g/mol. The molecule has 8 heteroatoms. The smallest absolute Gasteiger partial charge is 0.259 e. The molecule has 0 radical (unpaired) electrons. The minimum Gasteiger partial charge on any atom is -0.497 e. The summed E-state index contributed by atoms with van der Waals surface area (Å²) in [5.74, 6) is 0.286. The molecular weight excluding hydrogens is 358 g/mol. The predicted molar refractivity (Wildman–Crippen MR) is 99.1 cm³/mol. The van der Waals surface area contributed by atoms with Gasteiger partial charge in [-0.3, -0.25) is 9.59 Å². The number of ether oxygens (including phenoxy) is 2. The molecule has 26 heavy (non-hydrogen) atoms. The summed E-state index contributed by atoms with van der Waals surface area (Å²) in [5, 5.41) is 6.64. The molecule has 136 valence electrons. The van der Waals surface area contributed by atoms with Crippen molar-refractivity contribution in [3.05, 3.63) is 58.6 Å². The Bertz CT molecular complexity index is 824. The average Bonchev–Trinajstić information content (AvgIpc) is 2.66. The van der Waals surface area contributed by atoms with E-state index in [0.717, 1.165) is 0 Å². The maximum atomic E-state index is 12.0. The van der Waals surface area contributed by atoms with Crippen molar-refractivity contribution < 1.29 is 19.1 Å². The van der Waals surface area contributed by atoms with E-state index in [1.807, 2.05) is 0 Å². The van der Waals surface area contributed by atoms with Crippen LogP contribution in [0.3, 0.4) is 0 Å². The van der Waals surface area contributed by atoms with Crippen LogP contribution in [0.2, 0.25) is 5.02 Å². The lowest BCUT2D eigenvalue weighted by molar-refractivity contribution is -0.120. The molecule has 2 aromatic rings. The maximum absolute atomic E-state index is 12.0. The van der Waals surface area contributed by atoms with Crippen molar-refractivity contribution in [1.29, 1.82) is 0 Å². The first-order valence-corrected chi connectivity index (χ1v) is 7.99. The normalized spacial score (nSPS) is 10.4. The summed E-state index contributed by atoms with van der Waals surface area (Å²) in [5.41, 5.74) is 3.26. The Morgan fingerprint density at radius 3 is 2.62 bits per heavy atom. The van der Waals surface area contributed by atoms with Gasteiger partial charge in [-0.05, 0) is 30.3 Å². The van der Waals surface area contributed by atoms with Gasteiger partial charge >= 0.3 is 0 Å². The van der Waals surface area contributed by atoms with Crippen molar-refractivity contribution >= 4 is 29.6 Å². The van der Waals surface area contributed by atoms with Crippen LogP contribution < -0.4 is 20.2 Å². The Morgan fingerprint density at radius 2 is 1.92 bits per heavy atom. The topological polar surface area (TPSA) is 89.0 Å². The van der Waals surface area contributed by atoms with Crippen molar-refractivity contribution in [2.75, 3.05) is 20.8 Å². The van der Waals surface area contributed by atoms with Gasteiger partial charge in [-0.25, -0.2) is 5.43 Å². The van der Waals surface area contributed by atoms with Crippen LogP contribution in [0.1, 0.15) is 15.9 Å². The van der Waals surface area contributed by atoms with Crippen LogP contribution in [-0.2, 0) is 4.79 Å². The molecule has 2 amide bonds. The summed E-state index contributed by atoms with van der Waals surface area (Å²) in [7, 11) is 3.08. The Labute approximate surface area is 155 Å². The summed E-state index contributed by atoms with van der Waals surface area (Å²) < 4.78 is 10.3. The van der Waals surface area contributed by atoms with Crippen LogP contribution >= 0.6 is 11.6 Å². The molecule has 0 saturated heterocycles. The van der Waals surface area contributed by atoms with Crippen molar-refractivity contribution in [1.82, 2.24) is 10.7 Å². The molecule has 2 aromatic carbocycles. The molecule has 0 bridgehead atoms. The van der Waals surface area contributed by atoms with E-state index in [0.29, 0.717) is 27.6 Å². The molecule has 2 rings (SSSR count). The molecule has 0 aromatic heterocycles. The second kappa shape index (κ2) is 9.43. The van der Waals surface area contributed by atoms with Crippen molar-refractivity contribution in [2.24, 2.45) is 5.10 Å². The number of nitrogens with zero attached hydrogens (tertiary/aromatic N) is 1. The number of nitrogens with one attached hydrogen (secondary N) is 2. The lowest BCUT2D eigenvalue weighted by Gasteiger charge is -2.07. The fraction of sp³-hybridized carbons (Fsp3) is 0.167. The lowest BCUT2D eigenvalue weighted by atomic mass is 10.2. The minimum atomic E-state index is -0.483. The Balaban J connectivity index is 1.90. The molecule has 0 aliphatic carbocycles. The zero-order chi connectivity index (χ0) is 18.9.